The van der Waals surface area contributed by atoms with Gasteiger partial charge < -0.3 is 0 Å². The summed E-state index contributed by atoms with van der Waals surface area (Å²) in [4.78, 5) is 0. The molecule has 6 aliphatic rings. The van der Waals surface area contributed by atoms with Gasteiger partial charge in [0.2, 0.25) is 0 Å². The van der Waals surface area contributed by atoms with Crippen LogP contribution in [0.4, 0.5) is 0 Å². The average Bonchev–Trinajstić information content (AvgIpc) is 3.36. The molecule has 0 amide bonds. The van der Waals surface area contributed by atoms with Crippen LogP contribution in [0, 0.1) is 75.4 Å². The molecule has 6 rings (SSSR count). The van der Waals surface area contributed by atoms with Gasteiger partial charge in [0.05, 0.1) is 0 Å². The van der Waals surface area contributed by atoms with Crippen molar-refractivity contribution in [2.75, 3.05) is 0 Å². The molecule has 0 heteroatoms. The molecule has 0 aromatic heterocycles. The predicted octanol–water partition coefficient (Wildman–Crippen LogP) is 11.1. The Hall–Kier alpha value is -2.08. The lowest BCUT2D eigenvalue weighted by molar-refractivity contribution is 0.267. The molecule has 0 saturated heterocycles. The number of rotatable bonds is 3. The van der Waals surface area contributed by atoms with Crippen molar-refractivity contribution in [2.24, 2.45) is 75.4 Å². The number of hydrogen-bond donors (Lipinski definition) is 0. The molecule has 0 aromatic carbocycles. The van der Waals surface area contributed by atoms with Crippen molar-refractivity contribution in [2.45, 2.75) is 82.1 Å². The lowest BCUT2D eigenvalue weighted by Gasteiger charge is -2.33. The standard InChI is InChI=1S/C41H56/c1-25-11-15-29-30-16-12-26(39(2,3)4)22-36(30)33(35(29)21-25)19-20-34-37-23-27(40(5,6)7)13-17-31(37)32-18-14-28(24-38(32)34)41(8,9)10/h11-18,21-24,29-38H,19-20H2,1-10H3. The SMILES string of the molecule is CC1=CC2C(C=C1)C1C=CC(C(C)(C)C)=CC1C2CCC1C2C=C(C(C)(C)C)C=CC2C2C=CC(C(C)(C)C)=CC21. The maximum absolute atomic E-state index is 2.72. The minimum atomic E-state index is 0.202. The van der Waals surface area contributed by atoms with E-state index in [1.807, 2.05) is 0 Å². The van der Waals surface area contributed by atoms with E-state index in [0.29, 0.717) is 53.3 Å². The summed E-state index contributed by atoms with van der Waals surface area (Å²) in [5.41, 5.74) is 6.69. The molecule has 2 saturated carbocycles. The van der Waals surface area contributed by atoms with E-state index in [-0.39, 0.29) is 16.2 Å². The molecule has 0 N–H and O–H groups in total. The Bertz CT molecular complexity index is 1240. The first kappa shape index (κ1) is 29.0. The molecule has 0 radical (unpaired) electrons. The summed E-state index contributed by atoms with van der Waals surface area (Å²) >= 11 is 0. The molecule has 0 aliphatic heterocycles. The van der Waals surface area contributed by atoms with Crippen LogP contribution in [0.25, 0.3) is 0 Å². The summed E-state index contributed by atoms with van der Waals surface area (Å²) < 4.78 is 0. The van der Waals surface area contributed by atoms with E-state index in [1.54, 1.807) is 16.7 Å². The normalized spacial score (nSPS) is 39.4. The Morgan fingerprint density at radius 3 is 1.02 bits per heavy atom. The fourth-order valence-electron chi connectivity index (χ4n) is 9.36. The highest BCUT2D eigenvalue weighted by Gasteiger charge is 2.52. The van der Waals surface area contributed by atoms with Crippen molar-refractivity contribution in [3.8, 4) is 0 Å². The topological polar surface area (TPSA) is 0 Å². The van der Waals surface area contributed by atoms with Crippen molar-refractivity contribution >= 4 is 0 Å². The number of allylic oxidation sites excluding steroid dienone is 16. The van der Waals surface area contributed by atoms with Crippen molar-refractivity contribution in [3.63, 3.8) is 0 Å². The summed E-state index contributed by atoms with van der Waals surface area (Å²) in [6, 6.07) is 0. The van der Waals surface area contributed by atoms with Crippen molar-refractivity contribution < 1.29 is 0 Å². The Kier molecular flexibility index (Phi) is 7.07. The summed E-state index contributed by atoms with van der Waals surface area (Å²) in [5, 5.41) is 0. The number of fused-ring (bicyclic) bond motifs is 6. The first-order valence-corrected chi connectivity index (χ1v) is 16.7. The smallest absolute Gasteiger partial charge is 0.00954 e. The van der Waals surface area contributed by atoms with Gasteiger partial charge in [0.15, 0.2) is 0 Å². The van der Waals surface area contributed by atoms with Crippen LogP contribution in [0.5, 0.6) is 0 Å². The molecule has 6 aliphatic carbocycles. The van der Waals surface area contributed by atoms with Gasteiger partial charge in [-0.1, -0.05) is 141 Å². The first-order chi connectivity index (χ1) is 19.1. The molecule has 0 bridgehead atoms. The fourth-order valence-corrected chi connectivity index (χ4v) is 9.36. The largest absolute Gasteiger partial charge is 0.0800 e. The maximum atomic E-state index is 2.72. The maximum Gasteiger partial charge on any atom is -0.00954 e. The minimum Gasteiger partial charge on any atom is -0.0800 e. The van der Waals surface area contributed by atoms with Gasteiger partial charge in [-0.15, -0.1) is 0 Å². The average molecular weight is 549 g/mol. The second-order valence-electron chi connectivity index (χ2n) is 17.5. The van der Waals surface area contributed by atoms with E-state index in [2.05, 4.69) is 142 Å². The van der Waals surface area contributed by atoms with E-state index >= 15 is 0 Å². The molecule has 220 valence electrons. The first-order valence-electron chi connectivity index (χ1n) is 16.7. The van der Waals surface area contributed by atoms with Gasteiger partial charge >= 0.3 is 0 Å². The van der Waals surface area contributed by atoms with E-state index in [0.717, 1.165) is 5.92 Å². The molecular formula is C41H56. The molecule has 2 fully saturated rings. The second-order valence-corrected chi connectivity index (χ2v) is 17.5. The zero-order chi connectivity index (χ0) is 29.5. The molecular weight excluding hydrogens is 492 g/mol. The van der Waals surface area contributed by atoms with Gasteiger partial charge in [-0.05, 0) is 112 Å². The van der Waals surface area contributed by atoms with E-state index < -0.39 is 0 Å². The van der Waals surface area contributed by atoms with E-state index in [4.69, 9.17) is 0 Å². The van der Waals surface area contributed by atoms with Crippen LogP contribution in [0.2, 0.25) is 0 Å². The second kappa shape index (κ2) is 9.99. The van der Waals surface area contributed by atoms with Crippen LogP contribution >= 0.6 is 0 Å². The zero-order valence-electron chi connectivity index (χ0n) is 27.6. The van der Waals surface area contributed by atoms with Gasteiger partial charge in [-0.3, -0.25) is 0 Å². The highest BCUT2D eigenvalue weighted by atomic mass is 14.6. The fraction of sp³-hybridized carbons (Fsp3) is 0.610. The van der Waals surface area contributed by atoms with Gasteiger partial charge in [-0.25, -0.2) is 0 Å². The van der Waals surface area contributed by atoms with Crippen molar-refractivity contribution in [3.05, 3.63) is 95.2 Å². The Morgan fingerprint density at radius 1 is 0.415 bits per heavy atom. The molecule has 0 spiro atoms. The van der Waals surface area contributed by atoms with Crippen LogP contribution in [-0.4, -0.2) is 0 Å². The minimum absolute atomic E-state index is 0.202. The lowest BCUT2D eigenvalue weighted by Crippen LogP contribution is -2.24. The quantitative estimate of drug-likeness (QED) is 0.329. The van der Waals surface area contributed by atoms with Crippen LogP contribution in [-0.2, 0) is 0 Å². The molecule has 9 atom stereocenters. The van der Waals surface area contributed by atoms with E-state index in [9.17, 15) is 0 Å². The molecule has 0 aromatic rings. The highest BCUT2D eigenvalue weighted by Crippen LogP contribution is 2.59. The van der Waals surface area contributed by atoms with Crippen LogP contribution in [0.15, 0.2) is 95.2 Å². The Balaban J connectivity index is 1.34. The molecule has 0 nitrogen and oxygen atoms in total. The summed E-state index contributed by atoms with van der Waals surface area (Å²) in [6.45, 7) is 23.8. The van der Waals surface area contributed by atoms with Gasteiger partial charge in [0, 0.05) is 0 Å². The third-order valence-corrected chi connectivity index (χ3v) is 11.7. The van der Waals surface area contributed by atoms with Gasteiger partial charge in [0.1, 0.15) is 0 Å². The molecule has 9 unspecified atom stereocenters. The van der Waals surface area contributed by atoms with Gasteiger partial charge in [0.25, 0.3) is 0 Å². The molecule has 41 heavy (non-hydrogen) atoms. The predicted molar refractivity (Wildman–Crippen MR) is 177 cm³/mol. The van der Waals surface area contributed by atoms with Crippen molar-refractivity contribution in [1.29, 1.82) is 0 Å². The van der Waals surface area contributed by atoms with Crippen LogP contribution < -0.4 is 0 Å². The third-order valence-electron chi connectivity index (χ3n) is 11.7. The molecule has 0 heterocycles. The third kappa shape index (κ3) is 5.21. The zero-order valence-corrected chi connectivity index (χ0v) is 27.6. The van der Waals surface area contributed by atoms with Crippen LogP contribution in [0.1, 0.15) is 82.1 Å². The lowest BCUT2D eigenvalue weighted by atomic mass is 9.71. The Morgan fingerprint density at radius 2 is 0.707 bits per heavy atom. The number of hydrogen-bond acceptors (Lipinski definition) is 0. The summed E-state index contributed by atoms with van der Waals surface area (Å²) in [7, 11) is 0. The highest BCUT2D eigenvalue weighted by molar-refractivity contribution is 5.40. The summed E-state index contributed by atoms with van der Waals surface area (Å²) in [6.07, 6.45) is 33.6. The monoisotopic (exact) mass is 548 g/mol. The Labute approximate surface area is 252 Å². The summed E-state index contributed by atoms with van der Waals surface area (Å²) in [5.74, 6) is 6.63. The van der Waals surface area contributed by atoms with E-state index in [1.165, 1.54) is 18.4 Å². The van der Waals surface area contributed by atoms with Crippen molar-refractivity contribution in [1.82, 2.24) is 0 Å². The van der Waals surface area contributed by atoms with Crippen LogP contribution in [0.3, 0.4) is 0 Å². The van der Waals surface area contributed by atoms with Gasteiger partial charge in [-0.2, -0.15) is 0 Å².